The van der Waals surface area contributed by atoms with Gasteiger partial charge in [-0.1, -0.05) is 39.5 Å². The van der Waals surface area contributed by atoms with Crippen LogP contribution in [0.5, 0.6) is 0 Å². The molecule has 0 aromatic rings. The smallest absolute Gasteiger partial charge is 0.309 e. The third kappa shape index (κ3) is 8.46. The largest absolute Gasteiger partial charge is 0.460 e. The fraction of sp³-hybridized carbons (Fsp3) is 0.923. The first-order valence-electron chi connectivity index (χ1n) is 6.09. The molecular weight excluding hydrogens is 188 g/mol. The van der Waals surface area contributed by atoms with Gasteiger partial charge >= 0.3 is 5.97 Å². The summed E-state index contributed by atoms with van der Waals surface area (Å²) in [7, 11) is 0. The minimum absolute atomic E-state index is 0.0427. The van der Waals surface area contributed by atoms with Crippen molar-refractivity contribution >= 4 is 5.97 Å². The number of rotatable bonds is 6. The second-order valence-electron chi connectivity index (χ2n) is 5.28. The Kier molecular flexibility index (Phi) is 6.62. The summed E-state index contributed by atoms with van der Waals surface area (Å²) in [5, 5.41) is 0. The van der Waals surface area contributed by atoms with Gasteiger partial charge in [-0.2, -0.15) is 0 Å². The number of ether oxygens (including phenoxy) is 1. The number of hydrogen-bond donors (Lipinski definition) is 0. The van der Waals surface area contributed by atoms with Crippen LogP contribution in [0.3, 0.4) is 0 Å². The molecule has 0 saturated carbocycles. The summed E-state index contributed by atoms with van der Waals surface area (Å²) in [5.41, 5.74) is -0.352. The van der Waals surface area contributed by atoms with Crippen molar-refractivity contribution in [3.8, 4) is 0 Å². The van der Waals surface area contributed by atoms with E-state index >= 15 is 0 Å². The molecule has 15 heavy (non-hydrogen) atoms. The maximum absolute atomic E-state index is 11.6. The van der Waals surface area contributed by atoms with E-state index in [2.05, 4.69) is 6.92 Å². The van der Waals surface area contributed by atoms with Gasteiger partial charge in [-0.05, 0) is 27.2 Å². The summed E-state index contributed by atoms with van der Waals surface area (Å²) in [5.74, 6) is -0.0138. The highest BCUT2D eigenvalue weighted by Crippen LogP contribution is 2.16. The SMILES string of the molecule is CCCCCC[C@@H](C)C(=O)OC(C)(C)C. The Labute approximate surface area is 94.4 Å². The zero-order valence-corrected chi connectivity index (χ0v) is 10.9. The van der Waals surface area contributed by atoms with Crippen molar-refractivity contribution in [3.05, 3.63) is 0 Å². The van der Waals surface area contributed by atoms with Gasteiger partial charge in [0.2, 0.25) is 0 Å². The maximum atomic E-state index is 11.6. The first-order valence-corrected chi connectivity index (χ1v) is 6.09. The van der Waals surface area contributed by atoms with Crippen LogP contribution in [0.1, 0.15) is 66.7 Å². The molecule has 0 aliphatic rings. The number of carbonyl (C=O) groups excluding carboxylic acids is 1. The molecule has 0 unspecified atom stereocenters. The number of carbonyl (C=O) groups is 1. The molecule has 0 aromatic carbocycles. The van der Waals surface area contributed by atoms with Crippen LogP contribution in [-0.4, -0.2) is 11.6 Å². The van der Waals surface area contributed by atoms with Crippen LogP contribution in [0.25, 0.3) is 0 Å². The van der Waals surface area contributed by atoms with Crippen molar-refractivity contribution in [2.24, 2.45) is 5.92 Å². The Morgan fingerprint density at radius 2 is 1.80 bits per heavy atom. The first-order chi connectivity index (χ1) is 6.87. The molecule has 0 aliphatic heterocycles. The molecule has 0 bridgehead atoms. The topological polar surface area (TPSA) is 26.3 Å². The van der Waals surface area contributed by atoms with Crippen molar-refractivity contribution < 1.29 is 9.53 Å². The summed E-state index contributed by atoms with van der Waals surface area (Å²) in [6.07, 6.45) is 5.81. The minimum Gasteiger partial charge on any atom is -0.460 e. The average molecular weight is 214 g/mol. The molecule has 0 aromatic heterocycles. The van der Waals surface area contributed by atoms with Gasteiger partial charge in [0, 0.05) is 0 Å². The van der Waals surface area contributed by atoms with Gasteiger partial charge in [-0.15, -0.1) is 0 Å². The Morgan fingerprint density at radius 1 is 1.20 bits per heavy atom. The molecule has 90 valence electrons. The fourth-order valence-electron chi connectivity index (χ4n) is 1.40. The van der Waals surface area contributed by atoms with Crippen LogP contribution >= 0.6 is 0 Å². The molecule has 0 N–H and O–H groups in total. The summed E-state index contributed by atoms with van der Waals surface area (Å²) in [6.45, 7) is 9.88. The van der Waals surface area contributed by atoms with Crippen molar-refractivity contribution in [3.63, 3.8) is 0 Å². The number of unbranched alkanes of at least 4 members (excludes halogenated alkanes) is 3. The Hall–Kier alpha value is -0.530. The van der Waals surface area contributed by atoms with E-state index in [1.165, 1.54) is 19.3 Å². The highest BCUT2D eigenvalue weighted by molar-refractivity contribution is 5.72. The van der Waals surface area contributed by atoms with E-state index in [4.69, 9.17) is 4.74 Å². The molecule has 0 saturated heterocycles. The van der Waals surface area contributed by atoms with Crippen molar-refractivity contribution in [1.82, 2.24) is 0 Å². The summed E-state index contributed by atoms with van der Waals surface area (Å²) in [4.78, 5) is 11.6. The molecule has 2 nitrogen and oxygen atoms in total. The second-order valence-corrected chi connectivity index (χ2v) is 5.28. The monoisotopic (exact) mass is 214 g/mol. The van der Waals surface area contributed by atoms with Crippen LogP contribution in [0, 0.1) is 5.92 Å². The third-order valence-electron chi connectivity index (χ3n) is 2.30. The normalized spacial score (nSPS) is 13.7. The van der Waals surface area contributed by atoms with E-state index in [-0.39, 0.29) is 17.5 Å². The van der Waals surface area contributed by atoms with Crippen LogP contribution < -0.4 is 0 Å². The van der Waals surface area contributed by atoms with Crippen LogP contribution in [0.15, 0.2) is 0 Å². The molecule has 0 amide bonds. The van der Waals surface area contributed by atoms with Crippen LogP contribution in [0.4, 0.5) is 0 Å². The lowest BCUT2D eigenvalue weighted by atomic mass is 10.0. The lowest BCUT2D eigenvalue weighted by Crippen LogP contribution is -2.27. The van der Waals surface area contributed by atoms with Crippen LogP contribution in [-0.2, 0) is 9.53 Å². The predicted octanol–water partition coefficient (Wildman–Crippen LogP) is 3.93. The van der Waals surface area contributed by atoms with Gasteiger partial charge in [0.15, 0.2) is 0 Å². The fourth-order valence-corrected chi connectivity index (χ4v) is 1.40. The van der Waals surface area contributed by atoms with Crippen molar-refractivity contribution in [1.29, 1.82) is 0 Å². The third-order valence-corrected chi connectivity index (χ3v) is 2.30. The Morgan fingerprint density at radius 3 is 2.27 bits per heavy atom. The molecule has 1 atom stereocenters. The number of esters is 1. The van der Waals surface area contributed by atoms with Gasteiger partial charge in [0.05, 0.1) is 5.92 Å². The molecule has 0 heterocycles. The van der Waals surface area contributed by atoms with Crippen molar-refractivity contribution in [2.45, 2.75) is 72.3 Å². The highest BCUT2D eigenvalue weighted by atomic mass is 16.6. The van der Waals surface area contributed by atoms with Crippen LogP contribution in [0.2, 0.25) is 0 Å². The highest BCUT2D eigenvalue weighted by Gasteiger charge is 2.20. The average Bonchev–Trinajstić information content (AvgIpc) is 2.09. The van der Waals surface area contributed by atoms with E-state index < -0.39 is 0 Å². The van der Waals surface area contributed by atoms with E-state index in [0.29, 0.717) is 0 Å². The first kappa shape index (κ1) is 14.5. The van der Waals surface area contributed by atoms with Gasteiger partial charge < -0.3 is 4.74 Å². The zero-order chi connectivity index (χ0) is 11.9. The lowest BCUT2D eigenvalue weighted by molar-refractivity contribution is -0.159. The standard InChI is InChI=1S/C13H26O2/c1-6-7-8-9-10-11(2)12(14)15-13(3,4)5/h11H,6-10H2,1-5H3/t11-/m1/s1. The lowest BCUT2D eigenvalue weighted by Gasteiger charge is -2.22. The maximum Gasteiger partial charge on any atom is 0.309 e. The van der Waals surface area contributed by atoms with Gasteiger partial charge in [0.25, 0.3) is 0 Å². The minimum atomic E-state index is -0.352. The van der Waals surface area contributed by atoms with E-state index in [1.807, 2.05) is 27.7 Å². The Bertz CT molecular complexity index is 179. The zero-order valence-electron chi connectivity index (χ0n) is 10.9. The van der Waals surface area contributed by atoms with Gasteiger partial charge in [0.1, 0.15) is 5.60 Å². The molecular formula is C13H26O2. The van der Waals surface area contributed by atoms with E-state index in [9.17, 15) is 4.79 Å². The molecule has 0 spiro atoms. The van der Waals surface area contributed by atoms with Crippen molar-refractivity contribution in [2.75, 3.05) is 0 Å². The van der Waals surface area contributed by atoms with E-state index in [0.717, 1.165) is 12.8 Å². The van der Waals surface area contributed by atoms with E-state index in [1.54, 1.807) is 0 Å². The molecule has 0 radical (unpaired) electrons. The molecule has 2 heteroatoms. The summed E-state index contributed by atoms with van der Waals surface area (Å²) < 4.78 is 5.32. The Balaban J connectivity index is 3.70. The predicted molar refractivity (Wildman–Crippen MR) is 63.8 cm³/mol. The molecule has 0 rings (SSSR count). The second kappa shape index (κ2) is 6.86. The van der Waals surface area contributed by atoms with Gasteiger partial charge in [-0.25, -0.2) is 0 Å². The summed E-state index contributed by atoms with van der Waals surface area (Å²) >= 11 is 0. The van der Waals surface area contributed by atoms with Gasteiger partial charge in [-0.3, -0.25) is 4.79 Å². The summed E-state index contributed by atoms with van der Waals surface area (Å²) in [6, 6.07) is 0. The number of hydrogen-bond acceptors (Lipinski definition) is 2. The quantitative estimate of drug-likeness (QED) is 0.494. The molecule has 0 fully saturated rings. The molecule has 0 aliphatic carbocycles.